The first-order chi connectivity index (χ1) is 6.07. The third-order valence-corrected chi connectivity index (χ3v) is 1.55. The van der Waals surface area contributed by atoms with Crippen molar-refractivity contribution in [3.05, 3.63) is 0 Å². The van der Waals surface area contributed by atoms with Crippen LogP contribution in [0.25, 0.3) is 0 Å². The molecule has 3 N–H and O–H groups in total. The molecule has 2 atom stereocenters. The van der Waals surface area contributed by atoms with E-state index < -0.39 is 12.0 Å². The average molecular weight is 191 g/mol. The second kappa shape index (κ2) is 6.82. The molecular formula is C8H17NO4. The predicted molar refractivity (Wildman–Crippen MR) is 47.5 cm³/mol. The number of carbonyl (C=O) groups is 1. The van der Waals surface area contributed by atoms with Crippen LogP contribution < -0.4 is 5.73 Å². The third-order valence-electron chi connectivity index (χ3n) is 1.55. The Labute approximate surface area is 77.8 Å². The quantitative estimate of drug-likeness (QED) is 0.584. The summed E-state index contributed by atoms with van der Waals surface area (Å²) in [7, 11) is 1.59. The van der Waals surface area contributed by atoms with E-state index in [-0.39, 0.29) is 6.10 Å². The Morgan fingerprint density at radius 3 is 2.69 bits per heavy atom. The fourth-order valence-corrected chi connectivity index (χ4v) is 0.802. The van der Waals surface area contributed by atoms with Gasteiger partial charge in [-0.2, -0.15) is 0 Å². The highest BCUT2D eigenvalue weighted by atomic mass is 16.5. The first-order valence-electron chi connectivity index (χ1n) is 4.16. The van der Waals surface area contributed by atoms with Crippen molar-refractivity contribution in [1.82, 2.24) is 0 Å². The molecule has 0 bridgehead atoms. The van der Waals surface area contributed by atoms with Crippen LogP contribution in [0.1, 0.15) is 13.3 Å². The van der Waals surface area contributed by atoms with Crippen molar-refractivity contribution in [2.24, 2.45) is 5.73 Å². The number of hydrogen-bond donors (Lipinski definition) is 2. The van der Waals surface area contributed by atoms with Crippen molar-refractivity contribution in [1.29, 1.82) is 0 Å². The highest BCUT2D eigenvalue weighted by Crippen LogP contribution is 1.95. The van der Waals surface area contributed by atoms with E-state index in [1.165, 1.54) is 0 Å². The minimum Gasteiger partial charge on any atom is -0.480 e. The maximum absolute atomic E-state index is 10.3. The average Bonchev–Trinajstić information content (AvgIpc) is 2.04. The van der Waals surface area contributed by atoms with Crippen LogP contribution in [0.5, 0.6) is 0 Å². The maximum Gasteiger partial charge on any atom is 0.320 e. The molecule has 0 spiro atoms. The van der Waals surface area contributed by atoms with Gasteiger partial charge in [-0.05, 0) is 13.3 Å². The summed E-state index contributed by atoms with van der Waals surface area (Å²) in [5.41, 5.74) is 5.27. The van der Waals surface area contributed by atoms with Gasteiger partial charge in [-0.15, -0.1) is 0 Å². The molecule has 0 saturated carbocycles. The van der Waals surface area contributed by atoms with E-state index in [0.717, 1.165) is 0 Å². The molecule has 13 heavy (non-hydrogen) atoms. The summed E-state index contributed by atoms with van der Waals surface area (Å²) in [5, 5.41) is 8.45. The minimum absolute atomic E-state index is 0.0222. The molecule has 0 amide bonds. The summed E-state index contributed by atoms with van der Waals surface area (Å²) in [6.07, 6.45) is 0.301. The van der Waals surface area contributed by atoms with Crippen LogP contribution in [0.4, 0.5) is 0 Å². The molecule has 0 aliphatic heterocycles. The van der Waals surface area contributed by atoms with Gasteiger partial charge in [0.2, 0.25) is 0 Å². The molecule has 0 saturated heterocycles. The van der Waals surface area contributed by atoms with E-state index in [0.29, 0.717) is 19.6 Å². The number of carboxylic acid groups (broad SMARTS) is 1. The topological polar surface area (TPSA) is 81.8 Å². The largest absolute Gasteiger partial charge is 0.480 e. The van der Waals surface area contributed by atoms with Crippen LogP contribution >= 0.6 is 0 Å². The summed E-state index contributed by atoms with van der Waals surface area (Å²) >= 11 is 0. The Hall–Kier alpha value is -0.650. The predicted octanol–water partition coefficient (Wildman–Crippen LogP) is -0.160. The second-order valence-corrected chi connectivity index (χ2v) is 2.87. The van der Waals surface area contributed by atoms with Crippen LogP contribution in [-0.2, 0) is 14.3 Å². The molecule has 0 heterocycles. The van der Waals surface area contributed by atoms with Crippen LogP contribution in [0.3, 0.4) is 0 Å². The summed E-state index contributed by atoms with van der Waals surface area (Å²) in [6, 6.07) is -0.838. The molecular weight excluding hydrogens is 174 g/mol. The Balaban J connectivity index is 3.39. The lowest BCUT2D eigenvalue weighted by Crippen LogP contribution is -2.32. The van der Waals surface area contributed by atoms with E-state index in [2.05, 4.69) is 0 Å². The Bertz CT molecular complexity index is 151. The SMILES string of the molecule is COCC(C)OCCC(N)C(=O)O. The molecule has 0 aromatic rings. The highest BCUT2D eigenvalue weighted by molar-refractivity contribution is 5.72. The van der Waals surface area contributed by atoms with Crippen molar-refractivity contribution >= 4 is 5.97 Å². The minimum atomic E-state index is -0.997. The second-order valence-electron chi connectivity index (χ2n) is 2.87. The number of rotatable bonds is 7. The summed E-state index contributed by atoms with van der Waals surface area (Å²) in [5.74, 6) is -0.997. The lowest BCUT2D eigenvalue weighted by molar-refractivity contribution is -0.139. The molecule has 0 rings (SSSR count). The molecule has 0 aliphatic carbocycles. The van der Waals surface area contributed by atoms with Gasteiger partial charge in [-0.25, -0.2) is 0 Å². The van der Waals surface area contributed by atoms with Crippen molar-refractivity contribution < 1.29 is 19.4 Å². The number of aliphatic carboxylic acids is 1. The van der Waals surface area contributed by atoms with Gasteiger partial charge in [0, 0.05) is 13.7 Å². The fraction of sp³-hybridized carbons (Fsp3) is 0.875. The monoisotopic (exact) mass is 191 g/mol. The molecule has 2 unspecified atom stereocenters. The standard InChI is InChI=1S/C8H17NO4/c1-6(5-12-2)13-4-3-7(9)8(10)11/h6-7H,3-5,9H2,1-2H3,(H,10,11). The van der Waals surface area contributed by atoms with Crippen LogP contribution in [0.2, 0.25) is 0 Å². The zero-order valence-electron chi connectivity index (χ0n) is 8.03. The highest BCUT2D eigenvalue weighted by Gasteiger charge is 2.11. The Morgan fingerprint density at radius 2 is 2.23 bits per heavy atom. The normalized spacial score (nSPS) is 15.3. The van der Waals surface area contributed by atoms with Crippen molar-refractivity contribution in [3.63, 3.8) is 0 Å². The number of methoxy groups -OCH3 is 1. The molecule has 0 aromatic carbocycles. The third kappa shape index (κ3) is 6.51. The first kappa shape index (κ1) is 12.3. The molecule has 0 aliphatic rings. The number of carboxylic acids is 1. The van der Waals surface area contributed by atoms with Crippen LogP contribution in [0.15, 0.2) is 0 Å². The molecule has 0 fully saturated rings. The lowest BCUT2D eigenvalue weighted by Gasteiger charge is -2.12. The molecule has 0 radical (unpaired) electrons. The number of ether oxygens (including phenoxy) is 2. The van der Waals surface area contributed by atoms with Gasteiger partial charge in [0.15, 0.2) is 0 Å². The van der Waals surface area contributed by atoms with Gasteiger partial charge in [0.25, 0.3) is 0 Å². The van der Waals surface area contributed by atoms with Crippen LogP contribution in [-0.4, -0.2) is 43.5 Å². The van der Waals surface area contributed by atoms with Crippen molar-refractivity contribution in [2.45, 2.75) is 25.5 Å². The Kier molecular flexibility index (Phi) is 6.48. The maximum atomic E-state index is 10.3. The lowest BCUT2D eigenvalue weighted by atomic mass is 10.2. The van der Waals surface area contributed by atoms with Gasteiger partial charge in [-0.1, -0.05) is 0 Å². The summed E-state index contributed by atoms with van der Waals surface area (Å²) in [4.78, 5) is 10.3. The van der Waals surface area contributed by atoms with E-state index in [4.69, 9.17) is 20.3 Å². The van der Waals surface area contributed by atoms with Crippen molar-refractivity contribution in [3.8, 4) is 0 Å². The summed E-state index contributed by atoms with van der Waals surface area (Å²) in [6.45, 7) is 2.70. The smallest absolute Gasteiger partial charge is 0.320 e. The van der Waals surface area contributed by atoms with E-state index >= 15 is 0 Å². The van der Waals surface area contributed by atoms with Gasteiger partial charge in [0.1, 0.15) is 6.04 Å². The van der Waals surface area contributed by atoms with Crippen molar-refractivity contribution in [2.75, 3.05) is 20.3 Å². The van der Waals surface area contributed by atoms with Gasteiger partial charge in [0.05, 0.1) is 12.7 Å². The van der Waals surface area contributed by atoms with Gasteiger partial charge in [-0.3, -0.25) is 4.79 Å². The zero-order chi connectivity index (χ0) is 10.3. The zero-order valence-corrected chi connectivity index (χ0v) is 8.03. The van der Waals surface area contributed by atoms with E-state index in [9.17, 15) is 4.79 Å². The molecule has 78 valence electrons. The van der Waals surface area contributed by atoms with E-state index in [1.54, 1.807) is 7.11 Å². The van der Waals surface area contributed by atoms with Gasteiger partial charge >= 0.3 is 5.97 Å². The molecule has 0 aromatic heterocycles. The fourth-order valence-electron chi connectivity index (χ4n) is 0.802. The van der Waals surface area contributed by atoms with Gasteiger partial charge < -0.3 is 20.3 Å². The first-order valence-corrected chi connectivity index (χ1v) is 4.16. The number of hydrogen-bond acceptors (Lipinski definition) is 4. The van der Waals surface area contributed by atoms with E-state index in [1.807, 2.05) is 6.92 Å². The summed E-state index contributed by atoms with van der Waals surface area (Å²) < 4.78 is 10.1. The Morgan fingerprint density at radius 1 is 1.62 bits per heavy atom. The number of nitrogens with two attached hydrogens (primary N) is 1. The molecule has 5 heteroatoms. The van der Waals surface area contributed by atoms with Crippen LogP contribution in [0, 0.1) is 0 Å². The molecule has 5 nitrogen and oxygen atoms in total.